The zero-order valence-corrected chi connectivity index (χ0v) is 9.83. The lowest BCUT2D eigenvalue weighted by atomic mass is 10.1. The van der Waals surface area contributed by atoms with E-state index >= 15 is 0 Å². The molecule has 2 rings (SSSR count). The molecule has 1 heterocycles. The van der Waals surface area contributed by atoms with E-state index in [4.69, 9.17) is 12.2 Å². The molecular weight excluding hydrogens is 222 g/mol. The minimum atomic E-state index is 0.825. The number of aromatic nitrogens is 1. The van der Waals surface area contributed by atoms with Crippen molar-refractivity contribution in [1.82, 2.24) is 4.98 Å². The number of aromatic amines is 1. The van der Waals surface area contributed by atoms with Crippen molar-refractivity contribution in [3.63, 3.8) is 0 Å². The van der Waals surface area contributed by atoms with Gasteiger partial charge in [0.05, 0.1) is 5.69 Å². The second-order valence-electron chi connectivity index (χ2n) is 3.17. The van der Waals surface area contributed by atoms with Gasteiger partial charge in [-0.25, -0.2) is 0 Å². The third-order valence-electron chi connectivity index (χ3n) is 2.11. The molecule has 15 heavy (non-hydrogen) atoms. The molecule has 0 amide bonds. The highest BCUT2D eigenvalue weighted by Gasteiger charge is 2.06. The smallest absolute Gasteiger partial charge is 0.159 e. The number of thiazole rings is 1. The Hall–Kier alpha value is -1.19. The lowest BCUT2D eigenvalue weighted by Crippen LogP contribution is -1.83. The molecule has 0 fully saturated rings. The number of hydrogen-bond acceptors (Lipinski definition) is 2. The fraction of sp³-hybridized carbons (Fsp3) is 0.0833. The van der Waals surface area contributed by atoms with Crippen LogP contribution in [0, 0.1) is 3.95 Å². The van der Waals surface area contributed by atoms with Gasteiger partial charge in [0.2, 0.25) is 0 Å². The summed E-state index contributed by atoms with van der Waals surface area (Å²) in [6.45, 7) is 3.76. The van der Waals surface area contributed by atoms with Crippen LogP contribution in [0.25, 0.3) is 11.3 Å². The molecule has 0 saturated heterocycles. The Morgan fingerprint density at radius 2 is 2.07 bits per heavy atom. The fourth-order valence-corrected chi connectivity index (χ4v) is 2.73. The first-order valence-electron chi connectivity index (χ1n) is 4.69. The normalized spacial score (nSPS) is 10.1. The van der Waals surface area contributed by atoms with Gasteiger partial charge in [-0.15, -0.1) is 17.9 Å². The van der Waals surface area contributed by atoms with Gasteiger partial charge in [0.15, 0.2) is 3.95 Å². The lowest BCUT2D eigenvalue weighted by molar-refractivity contribution is 1.29. The van der Waals surface area contributed by atoms with Crippen molar-refractivity contribution < 1.29 is 0 Å². The molecule has 0 aliphatic carbocycles. The summed E-state index contributed by atoms with van der Waals surface area (Å²) in [6.07, 6.45) is 2.77. The topological polar surface area (TPSA) is 15.8 Å². The number of benzene rings is 1. The number of allylic oxidation sites excluding steroid dienone is 1. The van der Waals surface area contributed by atoms with Crippen molar-refractivity contribution in [3.05, 3.63) is 51.8 Å². The standard InChI is InChI=1S/C12H11NS2/c1-2-6-10-11(13-12(14)15-10)9-7-4-3-5-8-9/h2-5,7-8H,1,6H2,(H,13,14). The summed E-state index contributed by atoms with van der Waals surface area (Å²) in [6, 6.07) is 10.2. The van der Waals surface area contributed by atoms with Gasteiger partial charge in [-0.05, 0) is 17.8 Å². The average molecular weight is 233 g/mol. The second-order valence-corrected chi connectivity index (χ2v) is 4.94. The molecule has 0 atom stereocenters. The van der Waals surface area contributed by atoms with Crippen molar-refractivity contribution >= 4 is 23.6 Å². The van der Waals surface area contributed by atoms with Crippen LogP contribution >= 0.6 is 23.6 Å². The Kier molecular flexibility index (Phi) is 3.14. The quantitative estimate of drug-likeness (QED) is 0.620. The van der Waals surface area contributed by atoms with Crippen LogP contribution in [0.15, 0.2) is 43.0 Å². The molecule has 1 aromatic heterocycles. The first-order valence-corrected chi connectivity index (χ1v) is 5.92. The maximum Gasteiger partial charge on any atom is 0.159 e. The van der Waals surface area contributed by atoms with Crippen LogP contribution in [0.5, 0.6) is 0 Å². The maximum absolute atomic E-state index is 5.16. The lowest BCUT2D eigenvalue weighted by Gasteiger charge is -2.00. The summed E-state index contributed by atoms with van der Waals surface area (Å²) in [5.41, 5.74) is 2.31. The molecule has 0 radical (unpaired) electrons. The van der Waals surface area contributed by atoms with E-state index in [-0.39, 0.29) is 0 Å². The van der Waals surface area contributed by atoms with E-state index in [0.29, 0.717) is 0 Å². The predicted molar refractivity (Wildman–Crippen MR) is 68.8 cm³/mol. The van der Waals surface area contributed by atoms with Gasteiger partial charge in [-0.1, -0.05) is 36.4 Å². The number of nitrogens with one attached hydrogen (secondary N) is 1. The van der Waals surface area contributed by atoms with Gasteiger partial charge in [-0.2, -0.15) is 0 Å². The first kappa shape index (κ1) is 10.3. The summed E-state index contributed by atoms with van der Waals surface area (Å²) >= 11 is 6.79. The Balaban J connectivity index is 2.52. The average Bonchev–Trinajstić information content (AvgIpc) is 2.62. The van der Waals surface area contributed by atoms with Gasteiger partial charge in [0, 0.05) is 11.3 Å². The van der Waals surface area contributed by atoms with Crippen LogP contribution in [0.1, 0.15) is 4.88 Å². The highest BCUT2D eigenvalue weighted by atomic mass is 32.1. The van der Waals surface area contributed by atoms with Crippen molar-refractivity contribution in [2.45, 2.75) is 6.42 Å². The minimum absolute atomic E-state index is 0.825. The first-order chi connectivity index (χ1) is 7.31. The van der Waals surface area contributed by atoms with Gasteiger partial charge in [-0.3, -0.25) is 0 Å². The summed E-state index contributed by atoms with van der Waals surface area (Å²) in [5, 5.41) is 0. The maximum atomic E-state index is 5.16. The van der Waals surface area contributed by atoms with Crippen LogP contribution in [-0.2, 0) is 6.42 Å². The summed E-state index contributed by atoms with van der Waals surface area (Å²) in [7, 11) is 0. The number of H-pyrrole nitrogens is 1. The zero-order chi connectivity index (χ0) is 10.7. The minimum Gasteiger partial charge on any atom is -0.337 e. The van der Waals surface area contributed by atoms with E-state index in [1.807, 2.05) is 24.3 Å². The molecule has 1 N–H and O–H groups in total. The summed E-state index contributed by atoms with van der Waals surface area (Å²) in [5.74, 6) is 0. The molecule has 0 saturated carbocycles. The van der Waals surface area contributed by atoms with E-state index in [0.717, 1.165) is 16.1 Å². The molecular formula is C12H11NS2. The highest BCUT2D eigenvalue weighted by molar-refractivity contribution is 7.73. The number of hydrogen-bond donors (Lipinski definition) is 1. The SMILES string of the molecule is C=CCc1sc(=S)[nH]c1-c1ccccc1. The third-order valence-corrected chi connectivity index (χ3v) is 3.37. The second kappa shape index (κ2) is 4.55. The molecule has 2 aromatic rings. The molecule has 0 aliphatic rings. The van der Waals surface area contributed by atoms with Gasteiger partial charge in [0.1, 0.15) is 0 Å². The van der Waals surface area contributed by atoms with Crippen molar-refractivity contribution in [2.24, 2.45) is 0 Å². The molecule has 1 nitrogen and oxygen atoms in total. The number of rotatable bonds is 3. The Morgan fingerprint density at radius 1 is 1.33 bits per heavy atom. The van der Waals surface area contributed by atoms with E-state index in [1.54, 1.807) is 11.3 Å². The van der Waals surface area contributed by atoms with Crippen molar-refractivity contribution in [1.29, 1.82) is 0 Å². The van der Waals surface area contributed by atoms with Gasteiger partial charge >= 0.3 is 0 Å². The van der Waals surface area contributed by atoms with Gasteiger partial charge < -0.3 is 4.98 Å². The van der Waals surface area contributed by atoms with Crippen molar-refractivity contribution in [3.8, 4) is 11.3 Å². The van der Waals surface area contributed by atoms with E-state index in [2.05, 4.69) is 23.7 Å². The third kappa shape index (κ3) is 2.25. The predicted octanol–water partition coefficient (Wildman–Crippen LogP) is 4.20. The van der Waals surface area contributed by atoms with E-state index < -0.39 is 0 Å². The van der Waals surface area contributed by atoms with Crippen molar-refractivity contribution in [2.75, 3.05) is 0 Å². The molecule has 0 bridgehead atoms. The van der Waals surface area contributed by atoms with Gasteiger partial charge in [0.25, 0.3) is 0 Å². The Morgan fingerprint density at radius 3 is 2.73 bits per heavy atom. The van der Waals surface area contributed by atoms with Crippen LogP contribution in [0.4, 0.5) is 0 Å². The van der Waals surface area contributed by atoms with Crippen LogP contribution < -0.4 is 0 Å². The molecule has 1 aromatic carbocycles. The van der Waals surface area contributed by atoms with E-state index in [9.17, 15) is 0 Å². The van der Waals surface area contributed by atoms with Crippen LogP contribution in [-0.4, -0.2) is 4.98 Å². The summed E-state index contributed by atoms with van der Waals surface area (Å²) in [4.78, 5) is 4.48. The Bertz CT molecular complexity index is 508. The largest absolute Gasteiger partial charge is 0.337 e. The van der Waals surface area contributed by atoms with Crippen LogP contribution in [0.3, 0.4) is 0 Å². The molecule has 0 aliphatic heterocycles. The zero-order valence-electron chi connectivity index (χ0n) is 8.19. The summed E-state index contributed by atoms with van der Waals surface area (Å²) < 4.78 is 0.825. The fourth-order valence-electron chi connectivity index (χ4n) is 1.47. The molecule has 0 spiro atoms. The molecule has 0 unspecified atom stereocenters. The van der Waals surface area contributed by atoms with E-state index in [1.165, 1.54) is 10.4 Å². The monoisotopic (exact) mass is 233 g/mol. The van der Waals surface area contributed by atoms with Crippen LogP contribution in [0.2, 0.25) is 0 Å². The molecule has 76 valence electrons. The Labute approximate surface area is 98.1 Å². The molecule has 3 heteroatoms. The highest BCUT2D eigenvalue weighted by Crippen LogP contribution is 2.26.